The number of amides is 1. The quantitative estimate of drug-likeness (QED) is 0.807. The van der Waals surface area contributed by atoms with Gasteiger partial charge in [-0.15, -0.1) is 0 Å². The molecule has 86 valence electrons. The van der Waals surface area contributed by atoms with Crippen LogP contribution in [0, 0.1) is 5.82 Å². The van der Waals surface area contributed by atoms with Crippen molar-refractivity contribution < 1.29 is 13.9 Å². The zero-order valence-corrected chi connectivity index (χ0v) is 9.13. The minimum atomic E-state index is -0.567. The number of ether oxygens (including phenoxy) is 1. The van der Waals surface area contributed by atoms with Crippen LogP contribution in [-0.4, -0.2) is 25.6 Å². The van der Waals surface area contributed by atoms with Crippen LogP contribution in [-0.2, 0) is 4.79 Å². The number of halogens is 2. The van der Waals surface area contributed by atoms with Crippen LogP contribution < -0.4 is 15.4 Å². The number of carbonyl (C=O) groups is 1. The Bertz CT molecular complexity index is 439. The summed E-state index contributed by atoms with van der Waals surface area (Å²) in [5, 5.41) is -0.0425. The summed E-state index contributed by atoms with van der Waals surface area (Å²) in [6.07, 6.45) is 0. The molecule has 1 aliphatic rings. The second kappa shape index (κ2) is 4.27. The predicted molar refractivity (Wildman–Crippen MR) is 58.3 cm³/mol. The van der Waals surface area contributed by atoms with Gasteiger partial charge in [0.15, 0.2) is 0 Å². The fourth-order valence-electron chi connectivity index (χ4n) is 1.58. The van der Waals surface area contributed by atoms with Crippen LogP contribution in [0.4, 0.5) is 10.1 Å². The van der Waals surface area contributed by atoms with Gasteiger partial charge in [-0.25, -0.2) is 4.39 Å². The summed E-state index contributed by atoms with van der Waals surface area (Å²) in [6.45, 7) is 0.610. The van der Waals surface area contributed by atoms with Crippen LogP contribution in [0.3, 0.4) is 0 Å². The fourth-order valence-corrected chi connectivity index (χ4v) is 1.74. The highest BCUT2D eigenvalue weighted by atomic mass is 35.5. The number of rotatable bonds is 1. The minimum Gasteiger partial charge on any atom is -0.489 e. The highest BCUT2D eigenvalue weighted by Crippen LogP contribution is 2.35. The summed E-state index contributed by atoms with van der Waals surface area (Å²) in [4.78, 5) is 13.0. The molecule has 0 atom stereocenters. The molecule has 2 N–H and O–H groups in total. The largest absolute Gasteiger partial charge is 0.489 e. The molecule has 0 aromatic heterocycles. The van der Waals surface area contributed by atoms with Crippen LogP contribution in [0.5, 0.6) is 5.75 Å². The van der Waals surface area contributed by atoms with Crippen molar-refractivity contribution in [1.29, 1.82) is 0 Å². The molecule has 0 aliphatic carbocycles. The molecule has 1 aromatic rings. The lowest BCUT2D eigenvalue weighted by atomic mass is 10.2. The van der Waals surface area contributed by atoms with Gasteiger partial charge in [-0.2, -0.15) is 0 Å². The molecular formula is C10H10ClFN2O2. The highest BCUT2D eigenvalue weighted by Gasteiger charge is 2.24. The molecule has 0 spiro atoms. The van der Waals surface area contributed by atoms with Crippen molar-refractivity contribution in [3.63, 3.8) is 0 Å². The Morgan fingerprint density at radius 2 is 2.38 bits per heavy atom. The van der Waals surface area contributed by atoms with Gasteiger partial charge in [-0.3, -0.25) is 4.79 Å². The monoisotopic (exact) mass is 244 g/mol. The molecule has 1 amide bonds. The van der Waals surface area contributed by atoms with Gasteiger partial charge < -0.3 is 15.4 Å². The van der Waals surface area contributed by atoms with Gasteiger partial charge in [0, 0.05) is 6.07 Å². The van der Waals surface area contributed by atoms with E-state index in [0.29, 0.717) is 24.6 Å². The first-order valence-corrected chi connectivity index (χ1v) is 5.13. The molecule has 1 heterocycles. The maximum atomic E-state index is 13.2. The third-order valence-electron chi connectivity index (χ3n) is 2.34. The van der Waals surface area contributed by atoms with E-state index in [0.717, 1.165) is 0 Å². The molecule has 0 unspecified atom stereocenters. The number of nitrogens with two attached hydrogens (primary N) is 1. The Hall–Kier alpha value is -1.33. The molecule has 4 nitrogen and oxygen atoms in total. The minimum absolute atomic E-state index is 0.0425. The number of hydrogen-bond acceptors (Lipinski definition) is 3. The number of benzene rings is 1. The van der Waals surface area contributed by atoms with Gasteiger partial charge in [0.1, 0.15) is 18.2 Å². The number of anilines is 1. The van der Waals surface area contributed by atoms with Gasteiger partial charge >= 0.3 is 0 Å². The highest BCUT2D eigenvalue weighted by molar-refractivity contribution is 6.31. The van der Waals surface area contributed by atoms with E-state index >= 15 is 0 Å². The zero-order valence-electron chi connectivity index (χ0n) is 8.37. The molecule has 16 heavy (non-hydrogen) atoms. The van der Waals surface area contributed by atoms with E-state index in [1.807, 2.05) is 0 Å². The number of hydrogen-bond donors (Lipinski definition) is 1. The first kappa shape index (κ1) is 11.2. The van der Waals surface area contributed by atoms with Crippen LogP contribution >= 0.6 is 11.6 Å². The van der Waals surface area contributed by atoms with Gasteiger partial charge in [0.05, 0.1) is 23.8 Å². The van der Waals surface area contributed by atoms with Crippen molar-refractivity contribution in [2.24, 2.45) is 5.73 Å². The van der Waals surface area contributed by atoms with Crippen molar-refractivity contribution in [2.75, 3.05) is 24.6 Å². The van der Waals surface area contributed by atoms with E-state index in [9.17, 15) is 9.18 Å². The maximum absolute atomic E-state index is 13.2. The summed E-state index contributed by atoms with van der Waals surface area (Å²) in [7, 11) is 0. The van der Waals surface area contributed by atoms with Gasteiger partial charge in [-0.1, -0.05) is 11.6 Å². The summed E-state index contributed by atoms with van der Waals surface area (Å²) in [5.41, 5.74) is 5.75. The Morgan fingerprint density at radius 1 is 1.62 bits per heavy atom. The standard InChI is InChI=1S/C10H10ClFN2O2/c11-6-3-8-9(4-7(6)12)16-2-1-14(8)10(15)5-13/h3-4H,1-2,5,13H2. The van der Waals surface area contributed by atoms with Crippen LogP contribution in [0.1, 0.15) is 0 Å². The van der Waals surface area contributed by atoms with E-state index in [4.69, 9.17) is 22.1 Å². The summed E-state index contributed by atoms with van der Waals surface area (Å²) in [6, 6.07) is 2.55. The Morgan fingerprint density at radius 3 is 3.06 bits per heavy atom. The zero-order chi connectivity index (χ0) is 11.7. The van der Waals surface area contributed by atoms with Crippen LogP contribution in [0.2, 0.25) is 5.02 Å². The number of nitrogens with zero attached hydrogens (tertiary/aromatic N) is 1. The van der Waals surface area contributed by atoms with Crippen molar-refractivity contribution in [3.05, 3.63) is 23.0 Å². The predicted octanol–water partition coefficient (Wildman–Crippen LogP) is 1.16. The molecule has 0 bridgehead atoms. The van der Waals surface area contributed by atoms with Crippen molar-refractivity contribution in [1.82, 2.24) is 0 Å². The van der Waals surface area contributed by atoms with E-state index in [2.05, 4.69) is 0 Å². The molecule has 0 saturated heterocycles. The molecule has 1 aliphatic heterocycles. The van der Waals surface area contributed by atoms with E-state index in [1.165, 1.54) is 17.0 Å². The lowest BCUT2D eigenvalue weighted by Gasteiger charge is -2.29. The normalized spacial score (nSPS) is 14.3. The van der Waals surface area contributed by atoms with Crippen molar-refractivity contribution >= 4 is 23.2 Å². The molecule has 0 saturated carbocycles. The molecule has 2 rings (SSSR count). The van der Waals surface area contributed by atoms with Crippen molar-refractivity contribution in [3.8, 4) is 5.75 Å². The Labute approximate surface area is 96.7 Å². The fraction of sp³-hybridized carbons (Fsp3) is 0.300. The van der Waals surface area contributed by atoms with E-state index < -0.39 is 5.82 Å². The third-order valence-corrected chi connectivity index (χ3v) is 2.63. The molecular weight excluding hydrogens is 235 g/mol. The second-order valence-electron chi connectivity index (χ2n) is 3.33. The van der Waals surface area contributed by atoms with E-state index in [-0.39, 0.29) is 17.5 Å². The summed E-state index contributed by atoms with van der Waals surface area (Å²) in [5.74, 6) is -0.496. The average Bonchev–Trinajstić information content (AvgIpc) is 2.29. The smallest absolute Gasteiger partial charge is 0.240 e. The average molecular weight is 245 g/mol. The number of fused-ring (bicyclic) bond motifs is 1. The third kappa shape index (κ3) is 1.83. The lowest BCUT2D eigenvalue weighted by Crippen LogP contribution is -2.41. The summed E-state index contributed by atoms with van der Waals surface area (Å²) < 4.78 is 18.4. The van der Waals surface area contributed by atoms with Crippen molar-refractivity contribution in [2.45, 2.75) is 0 Å². The lowest BCUT2D eigenvalue weighted by molar-refractivity contribution is -0.117. The summed E-state index contributed by atoms with van der Waals surface area (Å²) >= 11 is 5.66. The Balaban J connectivity index is 2.45. The SMILES string of the molecule is NCC(=O)N1CCOc2cc(F)c(Cl)cc21. The first-order chi connectivity index (χ1) is 7.63. The van der Waals surface area contributed by atoms with Crippen LogP contribution in [0.25, 0.3) is 0 Å². The second-order valence-corrected chi connectivity index (χ2v) is 3.74. The first-order valence-electron chi connectivity index (χ1n) is 4.75. The molecule has 0 fully saturated rings. The molecule has 0 radical (unpaired) electrons. The van der Waals surface area contributed by atoms with Gasteiger partial charge in [-0.05, 0) is 6.07 Å². The van der Waals surface area contributed by atoms with Crippen LogP contribution in [0.15, 0.2) is 12.1 Å². The molecule has 1 aromatic carbocycles. The van der Waals surface area contributed by atoms with Gasteiger partial charge in [0.2, 0.25) is 5.91 Å². The van der Waals surface area contributed by atoms with Gasteiger partial charge in [0.25, 0.3) is 0 Å². The molecule has 6 heteroatoms. The Kier molecular flexibility index (Phi) is 2.98. The van der Waals surface area contributed by atoms with E-state index in [1.54, 1.807) is 0 Å². The maximum Gasteiger partial charge on any atom is 0.240 e. The topological polar surface area (TPSA) is 55.6 Å². The number of carbonyl (C=O) groups excluding carboxylic acids is 1.